The lowest BCUT2D eigenvalue weighted by Crippen LogP contribution is -2.05. The van der Waals surface area contributed by atoms with Gasteiger partial charge in [-0.15, -0.1) is 0 Å². The third kappa shape index (κ3) is 3.89. The van der Waals surface area contributed by atoms with Crippen LogP contribution in [0.25, 0.3) is 0 Å². The fraction of sp³-hybridized carbons (Fsp3) is 0.200. The Balaban J connectivity index is 2.13. The van der Waals surface area contributed by atoms with Gasteiger partial charge in [-0.3, -0.25) is 0 Å². The summed E-state index contributed by atoms with van der Waals surface area (Å²) in [5, 5.41) is 3.28. The van der Waals surface area contributed by atoms with E-state index in [1.54, 1.807) is 0 Å². The third-order valence-electron chi connectivity index (χ3n) is 2.52. The molecule has 100 valence electrons. The molecule has 0 fully saturated rings. The van der Waals surface area contributed by atoms with Crippen molar-refractivity contribution < 1.29 is 4.74 Å². The molecule has 3 nitrogen and oxygen atoms in total. The Labute approximate surface area is 121 Å². The first kappa shape index (κ1) is 13.7. The zero-order valence-corrected chi connectivity index (χ0v) is 12.6. The predicted octanol–water partition coefficient (Wildman–Crippen LogP) is 4.56. The lowest BCUT2D eigenvalue weighted by Gasteiger charge is -2.12. The maximum Gasteiger partial charge on any atom is 0.119 e. The highest BCUT2D eigenvalue weighted by atomic mass is 79.9. The summed E-state index contributed by atoms with van der Waals surface area (Å²) < 4.78 is 6.59. The van der Waals surface area contributed by atoms with Gasteiger partial charge in [-0.2, -0.15) is 0 Å². The zero-order chi connectivity index (χ0) is 13.8. The molecule has 0 aromatic heterocycles. The SMILES string of the molecule is CC(C)Oc1ccc(Nc2cc(Br)ccc2N)cc1. The highest BCUT2D eigenvalue weighted by Gasteiger charge is 2.02. The standard InChI is InChI=1S/C15H17BrN2O/c1-10(2)19-13-6-4-12(5-7-13)18-15-9-11(16)3-8-14(15)17/h3-10,18H,17H2,1-2H3. The molecule has 4 heteroatoms. The highest BCUT2D eigenvalue weighted by molar-refractivity contribution is 9.10. The van der Waals surface area contributed by atoms with Crippen molar-refractivity contribution in [2.24, 2.45) is 0 Å². The van der Waals surface area contributed by atoms with E-state index in [-0.39, 0.29) is 6.10 Å². The molecular formula is C15H17BrN2O. The molecule has 0 spiro atoms. The number of nitrogen functional groups attached to an aromatic ring is 1. The Bertz CT molecular complexity index is 553. The predicted molar refractivity (Wildman–Crippen MR) is 84.0 cm³/mol. The molecular weight excluding hydrogens is 304 g/mol. The zero-order valence-electron chi connectivity index (χ0n) is 11.0. The van der Waals surface area contributed by atoms with Crippen LogP contribution in [0.15, 0.2) is 46.9 Å². The van der Waals surface area contributed by atoms with Crippen LogP contribution < -0.4 is 15.8 Å². The molecule has 0 heterocycles. The van der Waals surface area contributed by atoms with Crippen molar-refractivity contribution in [2.45, 2.75) is 20.0 Å². The average molecular weight is 321 g/mol. The summed E-state index contributed by atoms with van der Waals surface area (Å²) in [5.74, 6) is 0.864. The van der Waals surface area contributed by atoms with Gasteiger partial charge in [0, 0.05) is 10.2 Å². The molecule has 2 aromatic carbocycles. The highest BCUT2D eigenvalue weighted by Crippen LogP contribution is 2.27. The van der Waals surface area contributed by atoms with Crippen molar-refractivity contribution >= 4 is 33.0 Å². The summed E-state index contributed by atoms with van der Waals surface area (Å²) in [7, 11) is 0. The van der Waals surface area contributed by atoms with E-state index >= 15 is 0 Å². The van der Waals surface area contributed by atoms with E-state index < -0.39 is 0 Å². The maximum absolute atomic E-state index is 5.93. The average Bonchev–Trinajstić information content (AvgIpc) is 2.35. The second kappa shape index (κ2) is 5.97. The van der Waals surface area contributed by atoms with Gasteiger partial charge in [0.25, 0.3) is 0 Å². The minimum Gasteiger partial charge on any atom is -0.491 e. The van der Waals surface area contributed by atoms with Crippen LogP contribution in [0.2, 0.25) is 0 Å². The van der Waals surface area contributed by atoms with Gasteiger partial charge < -0.3 is 15.8 Å². The Morgan fingerprint density at radius 3 is 2.42 bits per heavy atom. The lowest BCUT2D eigenvalue weighted by atomic mass is 10.2. The summed E-state index contributed by atoms with van der Waals surface area (Å²) in [6.07, 6.45) is 0.180. The minimum absolute atomic E-state index is 0.180. The minimum atomic E-state index is 0.180. The molecule has 0 aliphatic heterocycles. The number of nitrogens with one attached hydrogen (secondary N) is 1. The summed E-state index contributed by atoms with van der Waals surface area (Å²) in [5.41, 5.74) is 8.49. The number of benzene rings is 2. The van der Waals surface area contributed by atoms with E-state index in [4.69, 9.17) is 10.5 Å². The Hall–Kier alpha value is -1.68. The molecule has 0 unspecified atom stereocenters. The van der Waals surface area contributed by atoms with Gasteiger partial charge in [-0.05, 0) is 56.3 Å². The van der Waals surface area contributed by atoms with Crippen LogP contribution in [0.1, 0.15) is 13.8 Å². The number of rotatable bonds is 4. The van der Waals surface area contributed by atoms with Gasteiger partial charge in [0.1, 0.15) is 5.75 Å². The first-order chi connectivity index (χ1) is 9.04. The molecule has 19 heavy (non-hydrogen) atoms. The molecule has 0 saturated carbocycles. The summed E-state index contributed by atoms with van der Waals surface area (Å²) in [6, 6.07) is 13.6. The third-order valence-corrected chi connectivity index (χ3v) is 3.01. The largest absolute Gasteiger partial charge is 0.491 e. The topological polar surface area (TPSA) is 47.3 Å². The Morgan fingerprint density at radius 2 is 1.79 bits per heavy atom. The van der Waals surface area contributed by atoms with E-state index in [9.17, 15) is 0 Å². The number of hydrogen-bond donors (Lipinski definition) is 2. The number of halogens is 1. The van der Waals surface area contributed by atoms with Crippen LogP contribution in [0, 0.1) is 0 Å². The summed E-state index contributed by atoms with van der Waals surface area (Å²) in [4.78, 5) is 0. The van der Waals surface area contributed by atoms with E-state index in [2.05, 4.69) is 21.2 Å². The quantitative estimate of drug-likeness (QED) is 0.812. The molecule has 0 saturated heterocycles. The van der Waals surface area contributed by atoms with Gasteiger partial charge in [-0.25, -0.2) is 0 Å². The van der Waals surface area contributed by atoms with E-state index in [1.165, 1.54) is 0 Å². The summed E-state index contributed by atoms with van der Waals surface area (Å²) >= 11 is 3.43. The van der Waals surface area contributed by atoms with Crippen LogP contribution in [0.5, 0.6) is 5.75 Å². The number of ether oxygens (including phenoxy) is 1. The Morgan fingerprint density at radius 1 is 1.11 bits per heavy atom. The van der Waals surface area contributed by atoms with Crippen molar-refractivity contribution in [3.63, 3.8) is 0 Å². The van der Waals surface area contributed by atoms with Crippen molar-refractivity contribution in [1.29, 1.82) is 0 Å². The van der Waals surface area contributed by atoms with Crippen LogP contribution in [-0.2, 0) is 0 Å². The van der Waals surface area contributed by atoms with Crippen molar-refractivity contribution in [1.82, 2.24) is 0 Å². The fourth-order valence-electron chi connectivity index (χ4n) is 1.68. The molecule has 0 amide bonds. The van der Waals surface area contributed by atoms with Crippen LogP contribution in [0.4, 0.5) is 17.1 Å². The molecule has 0 atom stereocenters. The van der Waals surface area contributed by atoms with Gasteiger partial charge >= 0.3 is 0 Å². The van der Waals surface area contributed by atoms with Crippen LogP contribution in [-0.4, -0.2) is 6.10 Å². The van der Waals surface area contributed by atoms with E-state index in [1.807, 2.05) is 56.3 Å². The number of hydrogen-bond acceptors (Lipinski definition) is 3. The number of anilines is 3. The first-order valence-corrected chi connectivity index (χ1v) is 6.92. The second-order valence-corrected chi connectivity index (χ2v) is 5.46. The molecule has 0 bridgehead atoms. The Kier molecular flexibility index (Phi) is 4.32. The van der Waals surface area contributed by atoms with Crippen molar-refractivity contribution in [3.05, 3.63) is 46.9 Å². The smallest absolute Gasteiger partial charge is 0.119 e. The first-order valence-electron chi connectivity index (χ1n) is 6.13. The van der Waals surface area contributed by atoms with Gasteiger partial charge in [0.2, 0.25) is 0 Å². The normalized spacial score (nSPS) is 10.5. The molecule has 2 aromatic rings. The van der Waals surface area contributed by atoms with E-state index in [0.717, 1.165) is 21.6 Å². The van der Waals surface area contributed by atoms with Crippen LogP contribution in [0.3, 0.4) is 0 Å². The van der Waals surface area contributed by atoms with Crippen LogP contribution >= 0.6 is 15.9 Å². The molecule has 0 radical (unpaired) electrons. The van der Waals surface area contributed by atoms with Gasteiger partial charge in [0.05, 0.1) is 17.5 Å². The maximum atomic E-state index is 5.93. The van der Waals surface area contributed by atoms with Crippen molar-refractivity contribution in [3.8, 4) is 5.75 Å². The molecule has 2 rings (SSSR count). The summed E-state index contributed by atoms with van der Waals surface area (Å²) in [6.45, 7) is 4.02. The van der Waals surface area contributed by atoms with Gasteiger partial charge in [-0.1, -0.05) is 15.9 Å². The molecule has 0 aliphatic rings. The lowest BCUT2D eigenvalue weighted by molar-refractivity contribution is 0.242. The monoisotopic (exact) mass is 320 g/mol. The van der Waals surface area contributed by atoms with Gasteiger partial charge in [0.15, 0.2) is 0 Å². The second-order valence-electron chi connectivity index (χ2n) is 4.55. The molecule has 0 aliphatic carbocycles. The van der Waals surface area contributed by atoms with E-state index in [0.29, 0.717) is 5.69 Å². The molecule has 3 N–H and O–H groups in total. The van der Waals surface area contributed by atoms with Crippen molar-refractivity contribution in [2.75, 3.05) is 11.1 Å². The number of nitrogens with two attached hydrogens (primary N) is 1. The fourth-order valence-corrected chi connectivity index (χ4v) is 2.04.